The summed E-state index contributed by atoms with van der Waals surface area (Å²) in [6.45, 7) is 6.07. The van der Waals surface area contributed by atoms with Gasteiger partial charge in [-0.2, -0.15) is 10.2 Å². The molecule has 0 radical (unpaired) electrons. The first-order chi connectivity index (χ1) is 4.60. The van der Waals surface area contributed by atoms with Crippen LogP contribution in [0.5, 0.6) is 0 Å². The van der Waals surface area contributed by atoms with Crippen molar-refractivity contribution in [3.8, 4) is 0 Å². The van der Waals surface area contributed by atoms with Crippen LogP contribution in [0.4, 0.5) is 0 Å². The van der Waals surface area contributed by atoms with E-state index in [0.29, 0.717) is 0 Å². The van der Waals surface area contributed by atoms with Gasteiger partial charge in [-0.3, -0.25) is 0 Å². The lowest BCUT2D eigenvalue weighted by atomic mass is 10.1. The van der Waals surface area contributed by atoms with Gasteiger partial charge in [0.25, 0.3) is 0 Å². The van der Waals surface area contributed by atoms with Crippen LogP contribution in [0.3, 0.4) is 0 Å². The molecule has 0 aromatic carbocycles. The molecule has 2 heteroatoms. The average Bonchev–Trinajstić information content (AvgIpc) is 1.94. The number of hydrogen-bond donors (Lipinski definition) is 0. The first-order valence-electron chi connectivity index (χ1n) is 3.38. The molecule has 2 nitrogen and oxygen atoms in total. The van der Waals surface area contributed by atoms with Crippen LogP contribution in [0.1, 0.15) is 20.8 Å². The van der Waals surface area contributed by atoms with E-state index >= 15 is 0 Å². The molecule has 0 unspecified atom stereocenters. The van der Waals surface area contributed by atoms with Gasteiger partial charge in [-0.15, -0.1) is 0 Å². The number of azo groups is 1. The normalized spacial score (nSPS) is 22.1. The lowest BCUT2D eigenvalue weighted by molar-refractivity contribution is 0.621. The van der Waals surface area contributed by atoms with E-state index in [0.717, 1.165) is 5.57 Å². The van der Waals surface area contributed by atoms with Crippen molar-refractivity contribution in [1.82, 2.24) is 0 Å². The molecule has 0 aromatic rings. The van der Waals surface area contributed by atoms with E-state index in [1.165, 1.54) is 0 Å². The predicted molar refractivity (Wildman–Crippen MR) is 41.8 cm³/mol. The average molecular weight is 136 g/mol. The first kappa shape index (κ1) is 7.19. The zero-order valence-electron chi connectivity index (χ0n) is 6.63. The lowest BCUT2D eigenvalue weighted by Gasteiger charge is -2.09. The molecular formula is C8H12N2. The first-order valence-corrected chi connectivity index (χ1v) is 3.38. The van der Waals surface area contributed by atoms with Gasteiger partial charge < -0.3 is 0 Å². The van der Waals surface area contributed by atoms with Gasteiger partial charge in [0, 0.05) is 0 Å². The van der Waals surface area contributed by atoms with Gasteiger partial charge >= 0.3 is 0 Å². The third-order valence-corrected chi connectivity index (χ3v) is 1.33. The van der Waals surface area contributed by atoms with Crippen LogP contribution in [-0.2, 0) is 0 Å². The van der Waals surface area contributed by atoms with Gasteiger partial charge in [0.15, 0.2) is 0 Å². The predicted octanol–water partition coefficient (Wildman–Crippen LogP) is 2.69. The maximum atomic E-state index is 4.07. The molecule has 1 aliphatic heterocycles. The lowest BCUT2D eigenvalue weighted by Crippen LogP contribution is -2.10. The molecule has 0 bridgehead atoms. The summed E-state index contributed by atoms with van der Waals surface area (Å²) in [6, 6.07) is 0. The molecule has 1 rings (SSSR count). The monoisotopic (exact) mass is 136 g/mol. The summed E-state index contributed by atoms with van der Waals surface area (Å²) < 4.78 is 0. The van der Waals surface area contributed by atoms with E-state index in [-0.39, 0.29) is 5.54 Å². The fraction of sp³-hybridized carbons (Fsp3) is 0.500. The highest BCUT2D eigenvalue weighted by Crippen LogP contribution is 2.16. The van der Waals surface area contributed by atoms with Crippen molar-refractivity contribution in [2.24, 2.45) is 10.2 Å². The zero-order valence-corrected chi connectivity index (χ0v) is 6.63. The van der Waals surface area contributed by atoms with E-state index in [2.05, 4.69) is 16.3 Å². The molecule has 0 atom stereocenters. The summed E-state index contributed by atoms with van der Waals surface area (Å²) in [5.41, 5.74) is 1.02. The van der Waals surface area contributed by atoms with Crippen molar-refractivity contribution in [3.05, 3.63) is 23.9 Å². The quantitative estimate of drug-likeness (QED) is 0.489. The van der Waals surface area contributed by atoms with Gasteiger partial charge in [0.2, 0.25) is 0 Å². The number of hydrogen-bond acceptors (Lipinski definition) is 2. The molecule has 0 saturated heterocycles. The van der Waals surface area contributed by atoms with Crippen LogP contribution in [0.25, 0.3) is 0 Å². The zero-order chi connectivity index (χ0) is 7.61. The Labute approximate surface area is 61.4 Å². The highest BCUT2D eigenvalue weighted by molar-refractivity contribution is 5.20. The molecule has 10 heavy (non-hydrogen) atoms. The minimum atomic E-state index is -0.131. The van der Waals surface area contributed by atoms with E-state index in [1.54, 1.807) is 6.20 Å². The number of allylic oxidation sites excluding steroid dienone is 2. The van der Waals surface area contributed by atoms with E-state index in [1.807, 2.05) is 26.8 Å². The molecule has 0 N–H and O–H groups in total. The highest BCUT2D eigenvalue weighted by Gasteiger charge is 2.11. The minimum absolute atomic E-state index is 0.131. The van der Waals surface area contributed by atoms with Gasteiger partial charge in [-0.05, 0) is 26.3 Å². The van der Waals surface area contributed by atoms with Crippen LogP contribution in [0.2, 0.25) is 0 Å². The molecule has 0 saturated carbocycles. The maximum absolute atomic E-state index is 4.07. The van der Waals surface area contributed by atoms with Crippen molar-refractivity contribution in [3.63, 3.8) is 0 Å². The Morgan fingerprint density at radius 3 is 2.80 bits per heavy atom. The van der Waals surface area contributed by atoms with E-state index < -0.39 is 0 Å². The van der Waals surface area contributed by atoms with Crippen molar-refractivity contribution in [1.29, 1.82) is 0 Å². The van der Waals surface area contributed by atoms with Gasteiger partial charge in [-0.25, -0.2) is 0 Å². The van der Waals surface area contributed by atoms with Crippen LogP contribution in [-0.4, -0.2) is 5.54 Å². The smallest absolute Gasteiger partial charge is 0.0946 e. The standard InChI is InChI=1S/C8H12N2/c1-7-4-5-8(2,3)10-9-6-7/h4-6H,1-3H3. The largest absolute Gasteiger partial charge is 0.179 e. The second-order valence-corrected chi connectivity index (χ2v) is 3.08. The van der Waals surface area contributed by atoms with E-state index in [9.17, 15) is 0 Å². The fourth-order valence-electron chi connectivity index (χ4n) is 0.680. The third-order valence-electron chi connectivity index (χ3n) is 1.33. The SMILES string of the molecule is CC1=CN=NC(C)(C)C=C1. The van der Waals surface area contributed by atoms with Crippen LogP contribution >= 0.6 is 0 Å². The van der Waals surface area contributed by atoms with E-state index in [4.69, 9.17) is 0 Å². The minimum Gasteiger partial charge on any atom is -0.179 e. The Hall–Kier alpha value is -0.920. The van der Waals surface area contributed by atoms with Gasteiger partial charge in [0.1, 0.15) is 0 Å². The second kappa shape index (κ2) is 2.37. The molecule has 1 aliphatic rings. The van der Waals surface area contributed by atoms with Gasteiger partial charge in [0.05, 0.1) is 11.7 Å². The molecular weight excluding hydrogens is 124 g/mol. The summed E-state index contributed by atoms with van der Waals surface area (Å²) in [5.74, 6) is 0. The molecule has 0 spiro atoms. The summed E-state index contributed by atoms with van der Waals surface area (Å²) in [5, 5.41) is 7.97. The topological polar surface area (TPSA) is 24.7 Å². The molecule has 1 heterocycles. The number of rotatable bonds is 0. The Bertz CT molecular complexity index is 209. The summed E-state index contributed by atoms with van der Waals surface area (Å²) in [6.07, 6.45) is 5.86. The molecule has 0 fully saturated rings. The molecule has 0 aliphatic carbocycles. The van der Waals surface area contributed by atoms with Crippen molar-refractivity contribution in [2.75, 3.05) is 0 Å². The van der Waals surface area contributed by atoms with Crippen LogP contribution in [0, 0.1) is 0 Å². The summed E-state index contributed by atoms with van der Waals surface area (Å²) >= 11 is 0. The number of nitrogens with zero attached hydrogens (tertiary/aromatic N) is 2. The van der Waals surface area contributed by atoms with Gasteiger partial charge in [-0.1, -0.05) is 12.2 Å². The maximum Gasteiger partial charge on any atom is 0.0946 e. The Balaban J connectivity index is 2.88. The molecule has 0 aromatic heterocycles. The Morgan fingerprint density at radius 2 is 2.10 bits per heavy atom. The summed E-state index contributed by atoms with van der Waals surface area (Å²) in [7, 11) is 0. The highest BCUT2D eigenvalue weighted by atomic mass is 15.1. The van der Waals surface area contributed by atoms with Crippen LogP contribution < -0.4 is 0 Å². The fourth-order valence-corrected chi connectivity index (χ4v) is 0.680. The second-order valence-electron chi connectivity index (χ2n) is 3.08. The summed E-state index contributed by atoms with van der Waals surface area (Å²) in [4.78, 5) is 0. The Kier molecular flexibility index (Phi) is 1.70. The van der Waals surface area contributed by atoms with Crippen molar-refractivity contribution < 1.29 is 0 Å². The van der Waals surface area contributed by atoms with Crippen molar-refractivity contribution >= 4 is 0 Å². The third kappa shape index (κ3) is 1.79. The Morgan fingerprint density at radius 1 is 1.40 bits per heavy atom. The van der Waals surface area contributed by atoms with Crippen molar-refractivity contribution in [2.45, 2.75) is 26.3 Å². The molecule has 54 valence electrons. The van der Waals surface area contributed by atoms with Crippen LogP contribution in [0.15, 0.2) is 34.2 Å². The molecule has 0 amide bonds.